The van der Waals surface area contributed by atoms with Gasteiger partial charge in [0.05, 0.1) is 16.4 Å². The molecule has 176 valence electrons. The number of hydrogen-bond acceptors (Lipinski definition) is 9. The van der Waals surface area contributed by atoms with Crippen LogP contribution in [0, 0.1) is 10.1 Å². The molecule has 1 heterocycles. The first-order valence-electron chi connectivity index (χ1n) is 9.65. The van der Waals surface area contributed by atoms with Crippen LogP contribution in [0.3, 0.4) is 0 Å². The fraction of sp³-hybridized carbons (Fsp3) is 0.143. The number of benzene rings is 2. The average Bonchev–Trinajstić information content (AvgIpc) is 3.05. The standard InChI is InChI=1S/C21H17N3O8S2/c1-2-31-16-9-12(7-8-15(16)32-11-18(25)26)10-17-20(28)23(21(33)34-17)22-19(27)13-5-3-4-6-14(13)24(29)30/h3-10H,2,11H2,1H3,(H,22,27)(H,25,26)/b17-10+. The third-order valence-electron chi connectivity index (χ3n) is 4.27. The molecule has 2 aromatic rings. The van der Waals surface area contributed by atoms with Crippen molar-refractivity contribution in [2.45, 2.75) is 6.92 Å². The number of carbonyl (C=O) groups excluding carboxylic acids is 2. The van der Waals surface area contributed by atoms with Crippen LogP contribution < -0.4 is 14.9 Å². The lowest BCUT2D eigenvalue weighted by Gasteiger charge is -2.15. The monoisotopic (exact) mass is 503 g/mol. The normalized spacial score (nSPS) is 14.3. The van der Waals surface area contributed by atoms with Crippen LogP contribution in [-0.4, -0.2) is 50.4 Å². The third kappa shape index (κ3) is 5.68. The number of carboxylic acids is 1. The molecule has 2 aromatic carbocycles. The van der Waals surface area contributed by atoms with Gasteiger partial charge in [-0.2, -0.15) is 5.01 Å². The van der Waals surface area contributed by atoms with Crippen molar-refractivity contribution in [3.05, 3.63) is 68.6 Å². The van der Waals surface area contributed by atoms with E-state index in [0.717, 1.165) is 16.8 Å². The number of carboxylic acid groups (broad SMARTS) is 1. The second-order valence-corrected chi connectivity index (χ2v) is 8.23. The molecule has 0 atom stereocenters. The summed E-state index contributed by atoms with van der Waals surface area (Å²) in [4.78, 5) is 46.8. The van der Waals surface area contributed by atoms with Crippen molar-refractivity contribution in [2.75, 3.05) is 13.2 Å². The fourth-order valence-corrected chi connectivity index (χ4v) is 4.02. The van der Waals surface area contributed by atoms with Gasteiger partial charge < -0.3 is 14.6 Å². The maximum Gasteiger partial charge on any atom is 0.341 e. The summed E-state index contributed by atoms with van der Waals surface area (Å²) >= 11 is 6.12. The first kappa shape index (κ1) is 24.7. The Hall–Kier alpha value is -3.97. The molecule has 0 radical (unpaired) electrons. The second-order valence-electron chi connectivity index (χ2n) is 6.55. The zero-order chi connectivity index (χ0) is 24.8. The molecule has 11 nitrogen and oxygen atoms in total. The Bertz CT molecular complexity index is 1210. The van der Waals surface area contributed by atoms with Crippen molar-refractivity contribution in [1.82, 2.24) is 10.4 Å². The Morgan fingerprint density at radius 1 is 1.24 bits per heavy atom. The van der Waals surface area contributed by atoms with Crippen LogP contribution in [0.5, 0.6) is 11.5 Å². The molecule has 34 heavy (non-hydrogen) atoms. The number of nitrogens with zero attached hydrogens (tertiary/aromatic N) is 2. The molecule has 2 amide bonds. The first-order valence-corrected chi connectivity index (χ1v) is 10.9. The minimum atomic E-state index is -1.14. The zero-order valence-corrected chi connectivity index (χ0v) is 19.2. The van der Waals surface area contributed by atoms with E-state index in [9.17, 15) is 24.5 Å². The SMILES string of the molecule is CCOc1cc(/C=C2/SC(=S)N(NC(=O)c3ccccc3[N+](=O)[O-])C2=O)ccc1OCC(=O)O. The van der Waals surface area contributed by atoms with Gasteiger partial charge in [-0.15, -0.1) is 0 Å². The maximum atomic E-state index is 12.8. The van der Waals surface area contributed by atoms with Gasteiger partial charge in [-0.3, -0.25) is 25.1 Å². The van der Waals surface area contributed by atoms with Gasteiger partial charge in [0.1, 0.15) is 5.56 Å². The van der Waals surface area contributed by atoms with Crippen LogP contribution in [0.4, 0.5) is 5.69 Å². The summed E-state index contributed by atoms with van der Waals surface area (Å²) in [5.74, 6) is -2.10. The number of thiocarbonyl (C=S) groups is 1. The molecule has 3 rings (SSSR count). The summed E-state index contributed by atoms with van der Waals surface area (Å²) < 4.78 is 10.7. The number of nitrogens with one attached hydrogen (secondary N) is 1. The molecule has 1 aliphatic heterocycles. The highest BCUT2D eigenvalue weighted by molar-refractivity contribution is 8.26. The van der Waals surface area contributed by atoms with Gasteiger partial charge >= 0.3 is 5.97 Å². The molecule has 0 saturated carbocycles. The van der Waals surface area contributed by atoms with E-state index in [2.05, 4.69) is 5.43 Å². The van der Waals surface area contributed by atoms with Gasteiger partial charge in [0, 0.05) is 6.07 Å². The van der Waals surface area contributed by atoms with Crippen LogP contribution in [0.2, 0.25) is 0 Å². The summed E-state index contributed by atoms with van der Waals surface area (Å²) in [6.07, 6.45) is 1.51. The van der Waals surface area contributed by atoms with Crippen molar-refractivity contribution >= 4 is 57.8 Å². The number of rotatable bonds is 9. The van der Waals surface area contributed by atoms with Gasteiger partial charge in [-0.1, -0.05) is 30.0 Å². The van der Waals surface area contributed by atoms with Crippen LogP contribution in [0.15, 0.2) is 47.4 Å². The summed E-state index contributed by atoms with van der Waals surface area (Å²) in [7, 11) is 0. The number of amides is 2. The van der Waals surface area contributed by atoms with E-state index in [1.54, 1.807) is 19.1 Å². The Kier molecular flexibility index (Phi) is 7.81. The smallest absolute Gasteiger partial charge is 0.341 e. The predicted molar refractivity (Wildman–Crippen MR) is 126 cm³/mol. The lowest BCUT2D eigenvalue weighted by atomic mass is 10.1. The Morgan fingerprint density at radius 2 is 1.97 bits per heavy atom. The number of para-hydroxylation sites is 1. The number of ether oxygens (including phenoxy) is 2. The van der Waals surface area contributed by atoms with Gasteiger partial charge in [-0.25, -0.2) is 4.79 Å². The zero-order valence-electron chi connectivity index (χ0n) is 17.5. The number of carbonyl (C=O) groups is 3. The predicted octanol–water partition coefficient (Wildman–Crippen LogP) is 3.00. The lowest BCUT2D eigenvalue weighted by Crippen LogP contribution is -2.45. The summed E-state index contributed by atoms with van der Waals surface area (Å²) in [6.45, 7) is 1.50. The van der Waals surface area contributed by atoms with Crippen LogP contribution in [0.1, 0.15) is 22.8 Å². The van der Waals surface area contributed by atoms with Gasteiger partial charge in [0.15, 0.2) is 22.4 Å². The van der Waals surface area contributed by atoms with Crippen LogP contribution in [-0.2, 0) is 9.59 Å². The quantitative estimate of drug-likeness (QED) is 0.226. The third-order valence-corrected chi connectivity index (χ3v) is 5.57. The van der Waals surface area contributed by atoms with Crippen LogP contribution in [0.25, 0.3) is 6.08 Å². The topological polar surface area (TPSA) is 148 Å². The molecule has 0 bridgehead atoms. The molecule has 2 N–H and O–H groups in total. The van der Waals surface area contributed by atoms with Crippen molar-refractivity contribution in [3.63, 3.8) is 0 Å². The number of nitro benzene ring substituents is 1. The molecule has 0 unspecified atom stereocenters. The van der Waals surface area contributed by atoms with Crippen molar-refractivity contribution in [3.8, 4) is 11.5 Å². The average molecular weight is 504 g/mol. The van der Waals surface area contributed by atoms with E-state index in [0.29, 0.717) is 12.2 Å². The van der Waals surface area contributed by atoms with E-state index in [-0.39, 0.29) is 26.3 Å². The van der Waals surface area contributed by atoms with Gasteiger partial charge in [0.25, 0.3) is 17.5 Å². The van der Waals surface area contributed by atoms with Gasteiger partial charge in [0.2, 0.25) is 0 Å². The van der Waals surface area contributed by atoms with Crippen molar-refractivity contribution < 1.29 is 33.9 Å². The van der Waals surface area contributed by atoms with Gasteiger partial charge in [-0.05, 0) is 49.0 Å². The van der Waals surface area contributed by atoms with E-state index >= 15 is 0 Å². The second kappa shape index (κ2) is 10.8. The highest BCUT2D eigenvalue weighted by Gasteiger charge is 2.34. The number of nitro groups is 1. The molecule has 1 fully saturated rings. The fourth-order valence-electron chi connectivity index (χ4n) is 2.84. The molecular weight excluding hydrogens is 486 g/mol. The number of hydrogen-bond donors (Lipinski definition) is 2. The summed E-state index contributed by atoms with van der Waals surface area (Å²) in [5, 5.41) is 20.8. The highest BCUT2D eigenvalue weighted by atomic mass is 32.2. The first-order chi connectivity index (χ1) is 16.2. The summed E-state index contributed by atoms with van der Waals surface area (Å²) in [6, 6.07) is 10.0. The molecule has 1 saturated heterocycles. The molecule has 0 aromatic heterocycles. The maximum absolute atomic E-state index is 12.8. The molecule has 13 heteroatoms. The minimum absolute atomic E-state index is 0.0367. The Labute approximate surface area is 202 Å². The van der Waals surface area contributed by atoms with E-state index in [1.807, 2.05) is 0 Å². The minimum Gasteiger partial charge on any atom is -0.490 e. The molecule has 0 spiro atoms. The van der Waals surface area contributed by atoms with Crippen LogP contribution >= 0.6 is 24.0 Å². The van der Waals surface area contributed by atoms with Crippen molar-refractivity contribution in [2.24, 2.45) is 0 Å². The van der Waals surface area contributed by atoms with E-state index in [1.165, 1.54) is 36.4 Å². The number of thioether (sulfide) groups is 1. The molecule has 1 aliphatic rings. The number of aliphatic carboxylic acids is 1. The number of hydrazine groups is 1. The lowest BCUT2D eigenvalue weighted by molar-refractivity contribution is -0.385. The Balaban J connectivity index is 1.80. The largest absolute Gasteiger partial charge is 0.490 e. The van der Waals surface area contributed by atoms with E-state index in [4.69, 9.17) is 26.8 Å². The molecular formula is C21H17N3O8S2. The highest BCUT2D eigenvalue weighted by Crippen LogP contribution is 2.34. The molecule has 0 aliphatic carbocycles. The van der Waals surface area contributed by atoms with E-state index < -0.39 is 35.0 Å². The van der Waals surface area contributed by atoms with Crippen molar-refractivity contribution in [1.29, 1.82) is 0 Å². The summed E-state index contributed by atoms with van der Waals surface area (Å²) in [5.41, 5.74) is 2.22. The Morgan fingerprint density at radius 3 is 2.65 bits per heavy atom.